The maximum atomic E-state index is 12.0. The van der Waals surface area contributed by atoms with Crippen molar-refractivity contribution in [2.24, 2.45) is 11.5 Å². The summed E-state index contributed by atoms with van der Waals surface area (Å²) in [5.41, 5.74) is 13.5. The number of aryl methyl sites for hydroxylation is 1. The number of amides is 1. The third kappa shape index (κ3) is 5.69. The van der Waals surface area contributed by atoms with E-state index in [2.05, 4.69) is 32.4 Å². The molecule has 6 N–H and O–H groups in total. The number of nitrogens with zero attached hydrogens (tertiary/aromatic N) is 2. The summed E-state index contributed by atoms with van der Waals surface area (Å²) in [5.74, 6) is 6.44. The summed E-state index contributed by atoms with van der Waals surface area (Å²) < 4.78 is 5.43. The van der Waals surface area contributed by atoms with Crippen molar-refractivity contribution in [1.82, 2.24) is 9.97 Å². The minimum atomic E-state index is -0.629. The Morgan fingerprint density at radius 2 is 2.07 bits per heavy atom. The van der Waals surface area contributed by atoms with Crippen LogP contribution in [0.25, 0.3) is 0 Å². The minimum Gasteiger partial charge on any atom is -0.381 e. The Morgan fingerprint density at radius 3 is 2.77 bits per heavy atom. The summed E-state index contributed by atoms with van der Waals surface area (Å²) in [7, 11) is 0. The molecule has 30 heavy (non-hydrogen) atoms. The van der Waals surface area contributed by atoms with Gasteiger partial charge in [0.05, 0.1) is 5.69 Å². The van der Waals surface area contributed by atoms with Gasteiger partial charge in [-0.1, -0.05) is 24.8 Å². The summed E-state index contributed by atoms with van der Waals surface area (Å²) in [6, 6.07) is 7.81. The average Bonchev–Trinajstić information content (AvgIpc) is 2.75. The number of nitrogens with two attached hydrogens (primary N) is 2. The Labute approximate surface area is 176 Å². The normalized spacial score (nSPS) is 13.9. The van der Waals surface area contributed by atoms with E-state index in [4.69, 9.17) is 16.2 Å². The molecule has 1 aliphatic heterocycles. The number of primary amides is 1. The number of nitrogens with one attached hydrogen (secondary N) is 2. The van der Waals surface area contributed by atoms with E-state index in [-0.39, 0.29) is 11.7 Å². The summed E-state index contributed by atoms with van der Waals surface area (Å²) >= 11 is 0. The zero-order valence-corrected chi connectivity index (χ0v) is 17.2. The fourth-order valence-corrected chi connectivity index (χ4v) is 3.17. The van der Waals surface area contributed by atoms with Crippen molar-refractivity contribution in [3.63, 3.8) is 0 Å². The molecule has 0 bridgehead atoms. The maximum Gasteiger partial charge on any atom is 0.271 e. The monoisotopic (exact) mass is 408 g/mol. The van der Waals surface area contributed by atoms with Gasteiger partial charge in [-0.05, 0) is 37.5 Å². The third-order valence-corrected chi connectivity index (χ3v) is 4.73. The van der Waals surface area contributed by atoms with Crippen LogP contribution in [0.1, 0.15) is 47.9 Å². The molecule has 0 atom stereocenters. The van der Waals surface area contributed by atoms with Gasteiger partial charge in [0.1, 0.15) is 0 Å². The van der Waals surface area contributed by atoms with E-state index >= 15 is 0 Å². The second-order valence-electron chi connectivity index (χ2n) is 7.01. The molecule has 158 valence electrons. The van der Waals surface area contributed by atoms with Crippen molar-refractivity contribution in [1.29, 1.82) is 0 Å². The first-order valence-electron chi connectivity index (χ1n) is 10.2. The summed E-state index contributed by atoms with van der Waals surface area (Å²) in [4.78, 5) is 21.2. The number of hydrogen-bond acceptors (Lipinski definition) is 7. The first-order chi connectivity index (χ1) is 14.6. The highest BCUT2D eigenvalue weighted by molar-refractivity contribution is 5.96. The zero-order chi connectivity index (χ0) is 21.3. The summed E-state index contributed by atoms with van der Waals surface area (Å²) in [6.45, 7) is 3.93. The molecular formula is C22H28N6O2. The first kappa shape index (κ1) is 21.6. The van der Waals surface area contributed by atoms with Crippen LogP contribution in [0.4, 0.5) is 17.3 Å². The molecule has 2 aromatic rings. The molecule has 0 saturated carbocycles. The second kappa shape index (κ2) is 10.6. The lowest BCUT2D eigenvalue weighted by molar-refractivity contribution is 0.0903. The van der Waals surface area contributed by atoms with Crippen molar-refractivity contribution in [2.45, 2.75) is 38.6 Å². The van der Waals surface area contributed by atoms with Gasteiger partial charge in [0, 0.05) is 43.5 Å². The molecule has 1 aromatic carbocycles. The number of carbonyl (C=O) groups is 1. The Morgan fingerprint density at radius 1 is 1.27 bits per heavy atom. The van der Waals surface area contributed by atoms with E-state index < -0.39 is 5.91 Å². The van der Waals surface area contributed by atoms with E-state index in [1.54, 1.807) is 0 Å². The van der Waals surface area contributed by atoms with Crippen LogP contribution in [0.3, 0.4) is 0 Å². The van der Waals surface area contributed by atoms with E-state index in [1.807, 2.05) is 31.2 Å². The van der Waals surface area contributed by atoms with Gasteiger partial charge in [-0.25, -0.2) is 9.97 Å². The van der Waals surface area contributed by atoms with Gasteiger partial charge < -0.3 is 26.8 Å². The highest BCUT2D eigenvalue weighted by Gasteiger charge is 2.20. The standard InChI is InChI=1S/C22H28N6O2/c1-2-18-21(25-16-9-12-30-13-10-16)28-22(19(27-18)20(24)29)26-17-8-5-7-15(14-17)6-3-4-11-23/h5,7-8,14,16H,2,4,9-13,23H2,1H3,(H2,24,29)(H2,25,26,28). The first-order valence-corrected chi connectivity index (χ1v) is 10.2. The molecular weight excluding hydrogens is 380 g/mol. The lowest BCUT2D eigenvalue weighted by Gasteiger charge is -2.25. The molecule has 0 spiro atoms. The van der Waals surface area contributed by atoms with Gasteiger partial charge >= 0.3 is 0 Å². The van der Waals surface area contributed by atoms with E-state index in [9.17, 15) is 4.79 Å². The van der Waals surface area contributed by atoms with E-state index in [1.165, 1.54) is 0 Å². The van der Waals surface area contributed by atoms with E-state index in [0.717, 1.165) is 37.3 Å². The number of anilines is 3. The van der Waals surface area contributed by atoms with Crippen molar-refractivity contribution >= 4 is 23.2 Å². The van der Waals surface area contributed by atoms with Crippen LogP contribution in [0.2, 0.25) is 0 Å². The largest absolute Gasteiger partial charge is 0.381 e. The zero-order valence-electron chi connectivity index (χ0n) is 17.2. The molecule has 1 amide bonds. The van der Waals surface area contributed by atoms with Crippen molar-refractivity contribution in [3.05, 3.63) is 41.2 Å². The van der Waals surface area contributed by atoms with Crippen LogP contribution in [0.5, 0.6) is 0 Å². The Kier molecular flexibility index (Phi) is 7.60. The average molecular weight is 409 g/mol. The van der Waals surface area contributed by atoms with Gasteiger partial charge in [-0.2, -0.15) is 0 Å². The number of carbonyl (C=O) groups excluding carboxylic acids is 1. The number of aromatic nitrogens is 2. The molecule has 1 aromatic heterocycles. The molecule has 8 heteroatoms. The Balaban J connectivity index is 1.90. The molecule has 1 saturated heterocycles. The predicted octanol–water partition coefficient (Wildman–Crippen LogP) is 2.17. The van der Waals surface area contributed by atoms with Crippen molar-refractivity contribution < 1.29 is 9.53 Å². The van der Waals surface area contributed by atoms with Crippen LogP contribution in [0.15, 0.2) is 24.3 Å². The number of rotatable bonds is 7. The molecule has 8 nitrogen and oxygen atoms in total. The van der Waals surface area contributed by atoms with Crippen molar-refractivity contribution in [3.8, 4) is 11.8 Å². The molecule has 3 rings (SSSR count). The molecule has 1 fully saturated rings. The molecule has 0 radical (unpaired) electrons. The SMILES string of the molecule is CCc1nc(C(N)=O)c(Nc2cccc(C#CCCN)c2)nc1NC1CCOCC1. The molecule has 2 heterocycles. The Hall–Kier alpha value is -3.15. The fourth-order valence-electron chi connectivity index (χ4n) is 3.17. The number of ether oxygens (including phenoxy) is 1. The fraction of sp³-hybridized carbons (Fsp3) is 0.409. The summed E-state index contributed by atoms with van der Waals surface area (Å²) in [6.07, 6.45) is 3.06. The van der Waals surface area contributed by atoms with Crippen LogP contribution in [-0.4, -0.2) is 41.7 Å². The van der Waals surface area contributed by atoms with Gasteiger partial charge in [0.25, 0.3) is 5.91 Å². The Bertz CT molecular complexity index is 944. The number of hydrogen-bond donors (Lipinski definition) is 4. The highest BCUT2D eigenvalue weighted by Crippen LogP contribution is 2.24. The smallest absolute Gasteiger partial charge is 0.271 e. The van der Waals surface area contributed by atoms with Gasteiger partial charge in [0.2, 0.25) is 0 Å². The van der Waals surface area contributed by atoms with Crippen molar-refractivity contribution in [2.75, 3.05) is 30.4 Å². The van der Waals surface area contributed by atoms with Crippen LogP contribution >= 0.6 is 0 Å². The molecule has 0 unspecified atom stereocenters. The van der Waals surface area contributed by atoms with Crippen LogP contribution < -0.4 is 22.1 Å². The second-order valence-corrected chi connectivity index (χ2v) is 7.01. The van der Waals surface area contributed by atoms with Crippen LogP contribution in [0, 0.1) is 11.8 Å². The third-order valence-electron chi connectivity index (χ3n) is 4.73. The lowest BCUT2D eigenvalue weighted by atomic mass is 10.1. The summed E-state index contributed by atoms with van der Waals surface area (Å²) in [5, 5.41) is 6.64. The highest BCUT2D eigenvalue weighted by atomic mass is 16.5. The minimum absolute atomic E-state index is 0.115. The molecule has 1 aliphatic rings. The van der Waals surface area contributed by atoms with Crippen LogP contribution in [-0.2, 0) is 11.2 Å². The number of benzene rings is 1. The van der Waals surface area contributed by atoms with Gasteiger partial charge in [-0.15, -0.1) is 0 Å². The lowest BCUT2D eigenvalue weighted by Crippen LogP contribution is -2.29. The van der Waals surface area contributed by atoms with Gasteiger partial charge in [-0.3, -0.25) is 4.79 Å². The van der Waals surface area contributed by atoms with E-state index in [0.29, 0.717) is 36.7 Å². The van der Waals surface area contributed by atoms with Gasteiger partial charge in [0.15, 0.2) is 17.3 Å². The predicted molar refractivity (Wildman–Crippen MR) is 118 cm³/mol. The topological polar surface area (TPSA) is 128 Å². The molecule has 0 aliphatic carbocycles. The maximum absolute atomic E-state index is 12.0. The quantitative estimate of drug-likeness (QED) is 0.517.